The van der Waals surface area contributed by atoms with Crippen molar-refractivity contribution >= 4 is 0 Å². The minimum absolute atomic E-state index is 0.174. The molecule has 0 saturated carbocycles. The van der Waals surface area contributed by atoms with Gasteiger partial charge in [-0.15, -0.1) is 0 Å². The number of hydrogen-bond donors (Lipinski definition) is 2. The Labute approximate surface area is 75.9 Å². The maximum absolute atomic E-state index is 12.8. The fourth-order valence-electron chi connectivity index (χ4n) is 1.21. The van der Waals surface area contributed by atoms with Crippen molar-refractivity contribution in [3.8, 4) is 11.5 Å². The Morgan fingerprint density at radius 3 is 2.62 bits per heavy atom. The SMILES string of the molecule is COc1cc(F)cc(O)c1C(C)N. The van der Waals surface area contributed by atoms with Gasteiger partial charge in [-0.05, 0) is 6.92 Å². The van der Waals surface area contributed by atoms with E-state index < -0.39 is 11.9 Å². The van der Waals surface area contributed by atoms with Crippen molar-refractivity contribution in [2.24, 2.45) is 5.73 Å². The first-order valence-electron chi connectivity index (χ1n) is 3.88. The average molecular weight is 185 g/mol. The molecule has 3 nitrogen and oxygen atoms in total. The van der Waals surface area contributed by atoms with Crippen molar-refractivity contribution in [2.45, 2.75) is 13.0 Å². The normalized spacial score (nSPS) is 12.6. The predicted octanol–water partition coefficient (Wildman–Crippen LogP) is 1.56. The van der Waals surface area contributed by atoms with Gasteiger partial charge in [0.05, 0.1) is 12.7 Å². The lowest BCUT2D eigenvalue weighted by Gasteiger charge is -2.13. The highest BCUT2D eigenvalue weighted by Gasteiger charge is 2.14. The number of hydrogen-bond acceptors (Lipinski definition) is 3. The summed E-state index contributed by atoms with van der Waals surface area (Å²) in [5.74, 6) is -0.446. The number of aromatic hydroxyl groups is 1. The summed E-state index contributed by atoms with van der Waals surface area (Å²) in [6.07, 6.45) is 0. The van der Waals surface area contributed by atoms with Crippen molar-refractivity contribution in [1.29, 1.82) is 0 Å². The summed E-state index contributed by atoms with van der Waals surface area (Å²) in [6, 6.07) is 1.81. The third-order valence-corrected chi connectivity index (χ3v) is 1.76. The van der Waals surface area contributed by atoms with Crippen LogP contribution in [-0.4, -0.2) is 12.2 Å². The Bertz CT molecular complexity index is 313. The lowest BCUT2D eigenvalue weighted by atomic mass is 10.1. The van der Waals surface area contributed by atoms with Gasteiger partial charge in [0.25, 0.3) is 0 Å². The van der Waals surface area contributed by atoms with Crippen molar-refractivity contribution in [2.75, 3.05) is 7.11 Å². The smallest absolute Gasteiger partial charge is 0.130 e. The molecule has 0 aliphatic heterocycles. The van der Waals surface area contributed by atoms with Crippen LogP contribution in [0.25, 0.3) is 0 Å². The standard InChI is InChI=1S/C9H12FNO2/c1-5(11)9-7(12)3-6(10)4-8(9)13-2/h3-5,12H,11H2,1-2H3. The number of benzene rings is 1. The van der Waals surface area contributed by atoms with Crippen LogP contribution in [0.3, 0.4) is 0 Å². The summed E-state index contributed by atoms with van der Waals surface area (Å²) in [4.78, 5) is 0. The van der Waals surface area contributed by atoms with E-state index >= 15 is 0 Å². The zero-order valence-electron chi connectivity index (χ0n) is 7.54. The van der Waals surface area contributed by atoms with Crippen LogP contribution in [0.1, 0.15) is 18.5 Å². The van der Waals surface area contributed by atoms with Crippen LogP contribution in [0.4, 0.5) is 4.39 Å². The number of methoxy groups -OCH3 is 1. The van der Waals surface area contributed by atoms with E-state index in [0.717, 1.165) is 6.07 Å². The number of nitrogens with two attached hydrogens (primary N) is 1. The van der Waals surface area contributed by atoms with Gasteiger partial charge in [-0.2, -0.15) is 0 Å². The topological polar surface area (TPSA) is 55.5 Å². The Balaban J connectivity index is 3.30. The summed E-state index contributed by atoms with van der Waals surface area (Å²) in [5.41, 5.74) is 6.00. The fourth-order valence-corrected chi connectivity index (χ4v) is 1.21. The first-order valence-corrected chi connectivity index (χ1v) is 3.88. The summed E-state index contributed by atoms with van der Waals surface area (Å²) in [7, 11) is 1.40. The fraction of sp³-hybridized carbons (Fsp3) is 0.333. The summed E-state index contributed by atoms with van der Waals surface area (Å²) in [6.45, 7) is 1.69. The van der Waals surface area contributed by atoms with Gasteiger partial charge in [-0.1, -0.05) is 0 Å². The molecular weight excluding hydrogens is 173 g/mol. The lowest BCUT2D eigenvalue weighted by Crippen LogP contribution is -2.07. The van der Waals surface area contributed by atoms with Gasteiger partial charge in [-0.25, -0.2) is 4.39 Å². The van der Waals surface area contributed by atoms with Crippen LogP contribution >= 0.6 is 0 Å². The zero-order valence-corrected chi connectivity index (χ0v) is 7.54. The van der Waals surface area contributed by atoms with Crippen LogP contribution in [0.15, 0.2) is 12.1 Å². The number of phenolic OH excluding ortho intramolecular Hbond substituents is 1. The molecule has 0 amide bonds. The number of ether oxygens (including phenoxy) is 1. The van der Waals surface area contributed by atoms with Gasteiger partial charge < -0.3 is 15.6 Å². The van der Waals surface area contributed by atoms with Crippen LogP contribution < -0.4 is 10.5 Å². The third kappa shape index (κ3) is 1.89. The Kier molecular flexibility index (Phi) is 2.72. The van der Waals surface area contributed by atoms with E-state index in [1.807, 2.05) is 0 Å². The molecule has 0 radical (unpaired) electrons. The Hall–Kier alpha value is -1.29. The molecule has 0 aliphatic rings. The number of halogens is 1. The molecule has 0 fully saturated rings. The summed E-state index contributed by atoms with van der Waals surface area (Å²) in [5, 5.41) is 9.37. The molecule has 1 atom stereocenters. The van der Waals surface area contributed by atoms with Crippen LogP contribution in [0, 0.1) is 5.82 Å². The number of phenols is 1. The van der Waals surface area contributed by atoms with Gasteiger partial charge >= 0.3 is 0 Å². The maximum Gasteiger partial charge on any atom is 0.130 e. The second-order valence-corrected chi connectivity index (χ2v) is 2.83. The minimum atomic E-state index is -0.543. The van der Waals surface area contributed by atoms with Crippen LogP contribution in [0.5, 0.6) is 11.5 Å². The highest BCUT2D eigenvalue weighted by atomic mass is 19.1. The van der Waals surface area contributed by atoms with E-state index in [9.17, 15) is 9.50 Å². The predicted molar refractivity (Wildman–Crippen MR) is 47.2 cm³/mol. The van der Waals surface area contributed by atoms with E-state index in [0.29, 0.717) is 5.56 Å². The molecular formula is C9H12FNO2. The second kappa shape index (κ2) is 3.62. The summed E-state index contributed by atoms with van der Waals surface area (Å²) >= 11 is 0. The molecule has 13 heavy (non-hydrogen) atoms. The van der Waals surface area contributed by atoms with Crippen LogP contribution in [-0.2, 0) is 0 Å². The van der Waals surface area contributed by atoms with Crippen molar-refractivity contribution < 1.29 is 14.2 Å². The van der Waals surface area contributed by atoms with Gasteiger partial charge in [0.15, 0.2) is 0 Å². The van der Waals surface area contributed by atoms with Crippen molar-refractivity contribution in [1.82, 2.24) is 0 Å². The molecule has 0 saturated heterocycles. The lowest BCUT2D eigenvalue weighted by molar-refractivity contribution is 0.390. The molecule has 0 aromatic heterocycles. The quantitative estimate of drug-likeness (QED) is 0.735. The van der Waals surface area contributed by atoms with Crippen LogP contribution in [0.2, 0.25) is 0 Å². The summed E-state index contributed by atoms with van der Waals surface area (Å²) < 4.78 is 17.7. The third-order valence-electron chi connectivity index (χ3n) is 1.76. The number of rotatable bonds is 2. The van der Waals surface area contributed by atoms with E-state index in [4.69, 9.17) is 10.5 Å². The molecule has 1 aromatic rings. The average Bonchev–Trinajstić information content (AvgIpc) is 2.01. The van der Waals surface area contributed by atoms with E-state index in [-0.39, 0.29) is 11.5 Å². The first-order chi connectivity index (χ1) is 6.06. The van der Waals surface area contributed by atoms with E-state index in [2.05, 4.69) is 0 Å². The molecule has 1 aromatic carbocycles. The van der Waals surface area contributed by atoms with Gasteiger partial charge in [0, 0.05) is 18.2 Å². The van der Waals surface area contributed by atoms with E-state index in [1.54, 1.807) is 6.92 Å². The molecule has 72 valence electrons. The molecule has 0 aliphatic carbocycles. The zero-order chi connectivity index (χ0) is 10.0. The first kappa shape index (κ1) is 9.80. The highest BCUT2D eigenvalue weighted by Crippen LogP contribution is 2.32. The second-order valence-electron chi connectivity index (χ2n) is 2.83. The van der Waals surface area contributed by atoms with Crippen molar-refractivity contribution in [3.63, 3.8) is 0 Å². The van der Waals surface area contributed by atoms with Gasteiger partial charge in [0.1, 0.15) is 17.3 Å². The monoisotopic (exact) mass is 185 g/mol. The molecule has 0 bridgehead atoms. The Morgan fingerprint density at radius 2 is 2.15 bits per heavy atom. The van der Waals surface area contributed by atoms with Crippen molar-refractivity contribution in [3.05, 3.63) is 23.5 Å². The highest BCUT2D eigenvalue weighted by molar-refractivity contribution is 5.46. The van der Waals surface area contributed by atoms with E-state index in [1.165, 1.54) is 13.2 Å². The molecule has 0 heterocycles. The molecule has 4 heteroatoms. The maximum atomic E-state index is 12.8. The molecule has 1 unspecified atom stereocenters. The van der Waals surface area contributed by atoms with Gasteiger partial charge in [0.2, 0.25) is 0 Å². The Morgan fingerprint density at radius 1 is 1.54 bits per heavy atom. The largest absolute Gasteiger partial charge is 0.507 e. The molecule has 3 N–H and O–H groups in total. The molecule has 0 spiro atoms. The minimum Gasteiger partial charge on any atom is -0.507 e. The van der Waals surface area contributed by atoms with Gasteiger partial charge in [-0.3, -0.25) is 0 Å². The molecule has 1 rings (SSSR count).